The Morgan fingerprint density at radius 2 is 2.21 bits per heavy atom. The maximum absolute atomic E-state index is 12.0. The molecule has 0 spiro atoms. The first-order chi connectivity index (χ1) is 9.34. The molecule has 0 radical (unpaired) electrons. The summed E-state index contributed by atoms with van der Waals surface area (Å²) in [7, 11) is 0. The Morgan fingerprint density at radius 3 is 2.95 bits per heavy atom. The minimum atomic E-state index is 0.0895. The lowest BCUT2D eigenvalue weighted by Crippen LogP contribution is -3.13. The van der Waals surface area contributed by atoms with Crippen LogP contribution >= 0.6 is 11.8 Å². The Balaban J connectivity index is 1.59. The number of quaternary nitrogens is 1. The van der Waals surface area contributed by atoms with Crippen molar-refractivity contribution in [2.75, 3.05) is 31.9 Å². The third-order valence-corrected chi connectivity index (χ3v) is 5.24. The molecule has 1 aromatic rings. The molecule has 2 aliphatic rings. The summed E-state index contributed by atoms with van der Waals surface area (Å²) in [6.45, 7) is 4.46. The van der Waals surface area contributed by atoms with Gasteiger partial charge in [0.1, 0.15) is 11.1 Å². The number of likely N-dealkylation sites (tertiary alicyclic amines) is 1. The fraction of sp³-hybridized carbons (Fsp3) is 0.643. The van der Waals surface area contributed by atoms with Crippen molar-refractivity contribution in [3.8, 4) is 0 Å². The summed E-state index contributed by atoms with van der Waals surface area (Å²) in [4.78, 5) is 15.6. The predicted octanol–water partition coefficient (Wildman–Crippen LogP) is 0.922. The average molecular weight is 281 g/mol. The zero-order valence-corrected chi connectivity index (χ0v) is 12.0. The summed E-state index contributed by atoms with van der Waals surface area (Å²) in [6.07, 6.45) is 5.73. The molecule has 19 heavy (non-hydrogen) atoms. The Hall–Kier alpha value is -0.940. The number of hydrogen-bond donors (Lipinski definition) is 1. The zero-order chi connectivity index (χ0) is 13.1. The molecule has 0 saturated carbocycles. The number of carbonyl (C=O) groups is 1. The fourth-order valence-electron chi connectivity index (χ4n) is 2.94. The molecule has 4 nitrogen and oxygen atoms in total. The first kappa shape index (κ1) is 13.1. The van der Waals surface area contributed by atoms with E-state index >= 15 is 0 Å². The first-order valence-electron chi connectivity index (χ1n) is 7.12. The van der Waals surface area contributed by atoms with Crippen LogP contribution in [0.2, 0.25) is 0 Å². The number of furan rings is 1. The third kappa shape index (κ3) is 2.98. The lowest BCUT2D eigenvalue weighted by Gasteiger charge is -2.27. The standard InChI is InChI=1S/C14H20N2O2S/c17-13-11-19-14(12-5-4-10-18-12)16(13)9-8-15-6-2-1-3-7-15/h4-5,10,14H,1-3,6-9,11H2/p+1/t14-/m0/s1. The summed E-state index contributed by atoms with van der Waals surface area (Å²) in [5.41, 5.74) is 0. The van der Waals surface area contributed by atoms with Gasteiger partial charge in [-0.2, -0.15) is 0 Å². The van der Waals surface area contributed by atoms with Gasteiger partial charge in [0.25, 0.3) is 0 Å². The van der Waals surface area contributed by atoms with Gasteiger partial charge in [-0.15, -0.1) is 11.8 Å². The zero-order valence-electron chi connectivity index (χ0n) is 11.1. The van der Waals surface area contributed by atoms with E-state index in [0.717, 1.165) is 18.8 Å². The second-order valence-electron chi connectivity index (χ2n) is 5.33. The van der Waals surface area contributed by atoms with Crippen molar-refractivity contribution >= 4 is 17.7 Å². The van der Waals surface area contributed by atoms with Crippen molar-refractivity contribution in [1.29, 1.82) is 0 Å². The molecule has 2 fully saturated rings. The monoisotopic (exact) mass is 281 g/mol. The van der Waals surface area contributed by atoms with Crippen LogP contribution in [0.5, 0.6) is 0 Å². The van der Waals surface area contributed by atoms with Crippen molar-refractivity contribution in [2.24, 2.45) is 0 Å². The summed E-state index contributed by atoms with van der Waals surface area (Å²) >= 11 is 1.68. The molecule has 1 amide bonds. The Kier molecular flexibility index (Phi) is 4.13. The highest BCUT2D eigenvalue weighted by Gasteiger charge is 2.35. The van der Waals surface area contributed by atoms with E-state index < -0.39 is 0 Å². The molecule has 2 aliphatic heterocycles. The summed E-state index contributed by atoms with van der Waals surface area (Å²) in [6, 6.07) is 3.86. The van der Waals surface area contributed by atoms with Crippen LogP contribution in [-0.2, 0) is 4.79 Å². The van der Waals surface area contributed by atoms with Crippen molar-refractivity contribution in [1.82, 2.24) is 4.90 Å². The lowest BCUT2D eigenvalue weighted by molar-refractivity contribution is -0.904. The van der Waals surface area contributed by atoms with Gasteiger partial charge in [-0.3, -0.25) is 4.79 Å². The quantitative estimate of drug-likeness (QED) is 0.892. The van der Waals surface area contributed by atoms with Crippen LogP contribution in [0.15, 0.2) is 22.8 Å². The van der Waals surface area contributed by atoms with Crippen LogP contribution in [-0.4, -0.2) is 42.7 Å². The van der Waals surface area contributed by atoms with E-state index in [1.807, 2.05) is 17.0 Å². The minimum absolute atomic E-state index is 0.0895. The molecule has 1 N–H and O–H groups in total. The van der Waals surface area contributed by atoms with E-state index in [-0.39, 0.29) is 11.3 Å². The topological polar surface area (TPSA) is 37.9 Å². The van der Waals surface area contributed by atoms with Gasteiger partial charge in [0.15, 0.2) is 0 Å². The van der Waals surface area contributed by atoms with E-state index in [2.05, 4.69) is 0 Å². The Bertz CT molecular complexity index is 415. The molecule has 5 heteroatoms. The van der Waals surface area contributed by atoms with E-state index in [0.29, 0.717) is 5.75 Å². The van der Waals surface area contributed by atoms with Gasteiger partial charge in [-0.05, 0) is 31.4 Å². The molecule has 2 saturated heterocycles. The van der Waals surface area contributed by atoms with Gasteiger partial charge in [0, 0.05) is 0 Å². The molecule has 104 valence electrons. The number of rotatable bonds is 4. The van der Waals surface area contributed by atoms with Gasteiger partial charge < -0.3 is 14.2 Å². The largest absolute Gasteiger partial charge is 0.466 e. The van der Waals surface area contributed by atoms with Crippen molar-refractivity contribution in [3.05, 3.63) is 24.2 Å². The molecule has 3 heterocycles. The number of carbonyl (C=O) groups excluding carboxylic acids is 1. The van der Waals surface area contributed by atoms with Gasteiger partial charge in [-0.25, -0.2) is 0 Å². The van der Waals surface area contributed by atoms with E-state index in [1.54, 1.807) is 22.9 Å². The highest BCUT2D eigenvalue weighted by molar-refractivity contribution is 8.00. The van der Waals surface area contributed by atoms with Crippen LogP contribution < -0.4 is 4.90 Å². The molecule has 0 aliphatic carbocycles. The molecule has 3 rings (SSSR count). The summed E-state index contributed by atoms with van der Waals surface area (Å²) in [5.74, 6) is 1.74. The number of amides is 1. The van der Waals surface area contributed by atoms with Gasteiger partial charge in [-0.1, -0.05) is 0 Å². The van der Waals surface area contributed by atoms with Gasteiger partial charge in [0.2, 0.25) is 5.91 Å². The smallest absolute Gasteiger partial charge is 0.234 e. The number of hydrogen-bond acceptors (Lipinski definition) is 3. The Morgan fingerprint density at radius 1 is 1.37 bits per heavy atom. The Labute approximate surface area is 118 Å². The van der Waals surface area contributed by atoms with Crippen LogP contribution in [0.3, 0.4) is 0 Å². The summed E-state index contributed by atoms with van der Waals surface area (Å²) in [5, 5.41) is 0.0895. The average Bonchev–Trinajstić information content (AvgIpc) is 3.07. The van der Waals surface area contributed by atoms with Gasteiger partial charge in [0.05, 0.1) is 38.2 Å². The van der Waals surface area contributed by atoms with Crippen molar-refractivity contribution in [2.45, 2.75) is 24.6 Å². The van der Waals surface area contributed by atoms with E-state index in [9.17, 15) is 4.79 Å². The SMILES string of the molecule is O=C1CS[C@@H](c2ccco2)N1CC[NH+]1CCCCC1. The molecule has 1 aromatic heterocycles. The highest BCUT2D eigenvalue weighted by atomic mass is 32.2. The lowest BCUT2D eigenvalue weighted by atomic mass is 10.1. The molecular formula is C14H21N2O2S+. The highest BCUT2D eigenvalue weighted by Crippen LogP contribution is 2.38. The number of nitrogens with one attached hydrogen (secondary N) is 1. The number of thioether (sulfide) groups is 1. The van der Waals surface area contributed by atoms with Crippen molar-refractivity contribution < 1.29 is 14.1 Å². The van der Waals surface area contributed by atoms with Crippen molar-refractivity contribution in [3.63, 3.8) is 0 Å². The maximum Gasteiger partial charge on any atom is 0.234 e. The van der Waals surface area contributed by atoms with E-state index in [1.165, 1.54) is 32.4 Å². The molecule has 1 atom stereocenters. The normalized spacial score (nSPS) is 25.2. The van der Waals surface area contributed by atoms with Crippen LogP contribution in [0.25, 0.3) is 0 Å². The molecule has 0 unspecified atom stereocenters. The van der Waals surface area contributed by atoms with E-state index in [4.69, 9.17) is 4.42 Å². The molecule has 0 bridgehead atoms. The van der Waals surface area contributed by atoms with Crippen LogP contribution in [0.4, 0.5) is 0 Å². The number of piperidine rings is 1. The van der Waals surface area contributed by atoms with Crippen LogP contribution in [0.1, 0.15) is 30.4 Å². The van der Waals surface area contributed by atoms with Crippen LogP contribution in [0, 0.1) is 0 Å². The predicted molar refractivity (Wildman–Crippen MR) is 75.0 cm³/mol. The number of nitrogens with zero attached hydrogens (tertiary/aromatic N) is 1. The third-order valence-electron chi connectivity index (χ3n) is 4.02. The second-order valence-corrected chi connectivity index (χ2v) is 6.40. The first-order valence-corrected chi connectivity index (χ1v) is 8.17. The fourth-order valence-corrected chi connectivity index (χ4v) is 4.11. The summed E-state index contributed by atoms with van der Waals surface area (Å²) < 4.78 is 5.47. The second kappa shape index (κ2) is 6.01. The molecular weight excluding hydrogens is 260 g/mol. The van der Waals surface area contributed by atoms with Gasteiger partial charge >= 0.3 is 0 Å². The minimum Gasteiger partial charge on any atom is -0.466 e. The maximum atomic E-state index is 12.0. The molecule has 0 aromatic carbocycles.